The lowest BCUT2D eigenvalue weighted by molar-refractivity contribution is 0.183. The van der Waals surface area contributed by atoms with Crippen LogP contribution < -0.4 is 0 Å². The highest BCUT2D eigenvalue weighted by Crippen LogP contribution is 2.28. The Labute approximate surface area is 103 Å². The van der Waals surface area contributed by atoms with Gasteiger partial charge < -0.3 is 4.90 Å². The summed E-state index contributed by atoms with van der Waals surface area (Å²) in [5, 5.41) is 0. The summed E-state index contributed by atoms with van der Waals surface area (Å²) >= 11 is 0. The van der Waals surface area contributed by atoms with E-state index in [9.17, 15) is 0 Å². The number of rotatable bonds is 2. The minimum absolute atomic E-state index is 0.530. The smallest absolute Gasteiger partial charge is 0.0526 e. The van der Waals surface area contributed by atoms with Gasteiger partial charge in [-0.05, 0) is 49.9 Å². The Morgan fingerprint density at radius 1 is 1.24 bits per heavy atom. The van der Waals surface area contributed by atoms with Crippen molar-refractivity contribution in [3.05, 3.63) is 30.1 Å². The third-order valence-corrected chi connectivity index (χ3v) is 3.93. The predicted molar refractivity (Wildman–Crippen MR) is 69.4 cm³/mol. The van der Waals surface area contributed by atoms with Crippen molar-refractivity contribution in [2.24, 2.45) is 4.99 Å². The summed E-state index contributed by atoms with van der Waals surface area (Å²) in [7, 11) is 0. The SMILES string of the molecule is C(=N\C1CCN2CCCC2C1)/c1ccncc1. The topological polar surface area (TPSA) is 28.5 Å². The normalized spacial score (nSPS) is 29.6. The zero-order valence-electron chi connectivity index (χ0n) is 10.1. The van der Waals surface area contributed by atoms with Gasteiger partial charge in [-0.1, -0.05) is 0 Å². The van der Waals surface area contributed by atoms with Gasteiger partial charge in [0.05, 0.1) is 6.04 Å². The van der Waals surface area contributed by atoms with E-state index in [0.29, 0.717) is 6.04 Å². The fraction of sp³-hybridized carbons (Fsp3) is 0.571. The second-order valence-electron chi connectivity index (χ2n) is 5.07. The molecule has 0 aliphatic carbocycles. The molecule has 0 amide bonds. The van der Waals surface area contributed by atoms with Gasteiger partial charge in [0.2, 0.25) is 0 Å². The Morgan fingerprint density at radius 2 is 2.12 bits per heavy atom. The van der Waals surface area contributed by atoms with E-state index in [1.54, 1.807) is 0 Å². The van der Waals surface area contributed by atoms with Crippen LogP contribution in [0.3, 0.4) is 0 Å². The third kappa shape index (κ3) is 2.55. The van der Waals surface area contributed by atoms with E-state index in [2.05, 4.69) is 9.88 Å². The van der Waals surface area contributed by atoms with Crippen molar-refractivity contribution in [1.82, 2.24) is 9.88 Å². The quantitative estimate of drug-likeness (QED) is 0.727. The summed E-state index contributed by atoms with van der Waals surface area (Å²) in [6.07, 6.45) is 10.9. The molecule has 3 nitrogen and oxygen atoms in total. The van der Waals surface area contributed by atoms with Crippen molar-refractivity contribution in [2.75, 3.05) is 13.1 Å². The first kappa shape index (κ1) is 10.9. The summed E-state index contributed by atoms with van der Waals surface area (Å²) in [4.78, 5) is 11.4. The molecule has 3 heteroatoms. The van der Waals surface area contributed by atoms with Gasteiger partial charge >= 0.3 is 0 Å². The van der Waals surface area contributed by atoms with Crippen molar-refractivity contribution in [3.8, 4) is 0 Å². The molecule has 0 radical (unpaired) electrons. The van der Waals surface area contributed by atoms with Crippen molar-refractivity contribution >= 4 is 6.21 Å². The number of pyridine rings is 1. The summed E-state index contributed by atoms with van der Waals surface area (Å²) < 4.78 is 0. The molecular formula is C14H19N3. The number of piperidine rings is 1. The van der Waals surface area contributed by atoms with E-state index >= 15 is 0 Å². The molecule has 3 rings (SSSR count). The Balaban J connectivity index is 1.61. The Bertz CT molecular complexity index is 388. The van der Waals surface area contributed by atoms with Crippen molar-refractivity contribution in [3.63, 3.8) is 0 Å². The summed E-state index contributed by atoms with van der Waals surface area (Å²) in [5.74, 6) is 0. The van der Waals surface area contributed by atoms with Crippen LogP contribution in [-0.2, 0) is 0 Å². The zero-order valence-corrected chi connectivity index (χ0v) is 10.1. The highest BCUT2D eigenvalue weighted by molar-refractivity contribution is 5.79. The van der Waals surface area contributed by atoms with Crippen LogP contribution in [0.15, 0.2) is 29.5 Å². The lowest BCUT2D eigenvalue weighted by atomic mass is 9.98. The molecule has 0 saturated carbocycles. The minimum Gasteiger partial charge on any atom is -0.300 e. The first-order valence-corrected chi connectivity index (χ1v) is 6.59. The minimum atomic E-state index is 0.530. The largest absolute Gasteiger partial charge is 0.300 e. The third-order valence-electron chi connectivity index (χ3n) is 3.93. The van der Waals surface area contributed by atoms with E-state index in [1.807, 2.05) is 30.7 Å². The summed E-state index contributed by atoms with van der Waals surface area (Å²) in [6.45, 7) is 2.55. The second-order valence-corrected chi connectivity index (χ2v) is 5.07. The number of aliphatic imine (C=N–C) groups is 1. The maximum atomic E-state index is 4.73. The molecule has 2 unspecified atom stereocenters. The average molecular weight is 229 g/mol. The molecule has 2 aliphatic heterocycles. The highest BCUT2D eigenvalue weighted by Gasteiger charge is 2.31. The number of hydrogen-bond donors (Lipinski definition) is 0. The van der Waals surface area contributed by atoms with Gasteiger partial charge in [0, 0.05) is 31.2 Å². The van der Waals surface area contributed by atoms with Gasteiger partial charge in [0.25, 0.3) is 0 Å². The Morgan fingerprint density at radius 3 is 3.00 bits per heavy atom. The Kier molecular flexibility index (Phi) is 3.18. The van der Waals surface area contributed by atoms with Crippen LogP contribution in [-0.4, -0.2) is 41.3 Å². The van der Waals surface area contributed by atoms with Crippen molar-refractivity contribution in [1.29, 1.82) is 0 Å². The molecule has 3 heterocycles. The maximum Gasteiger partial charge on any atom is 0.0526 e. The second kappa shape index (κ2) is 4.96. The van der Waals surface area contributed by atoms with Crippen LogP contribution in [0.2, 0.25) is 0 Å². The molecule has 90 valence electrons. The lowest BCUT2D eigenvalue weighted by Gasteiger charge is -2.32. The average Bonchev–Trinajstić information content (AvgIpc) is 2.85. The van der Waals surface area contributed by atoms with E-state index < -0.39 is 0 Å². The molecular weight excluding hydrogens is 210 g/mol. The fourth-order valence-corrected chi connectivity index (χ4v) is 2.98. The first-order chi connectivity index (χ1) is 8.42. The van der Waals surface area contributed by atoms with Gasteiger partial charge in [-0.25, -0.2) is 0 Å². The summed E-state index contributed by atoms with van der Waals surface area (Å²) in [5.41, 5.74) is 1.16. The van der Waals surface area contributed by atoms with E-state index in [4.69, 9.17) is 4.99 Å². The predicted octanol–water partition coefficient (Wildman–Crippen LogP) is 2.13. The molecule has 0 aromatic carbocycles. The molecule has 2 fully saturated rings. The first-order valence-electron chi connectivity index (χ1n) is 6.59. The molecule has 1 aromatic rings. The van der Waals surface area contributed by atoms with Gasteiger partial charge in [-0.2, -0.15) is 0 Å². The van der Waals surface area contributed by atoms with E-state index in [-0.39, 0.29) is 0 Å². The maximum absolute atomic E-state index is 4.73. The molecule has 2 saturated heterocycles. The van der Waals surface area contributed by atoms with E-state index in [0.717, 1.165) is 11.6 Å². The van der Waals surface area contributed by atoms with Crippen LogP contribution in [0.5, 0.6) is 0 Å². The van der Waals surface area contributed by atoms with Gasteiger partial charge in [-0.15, -0.1) is 0 Å². The number of aromatic nitrogens is 1. The van der Waals surface area contributed by atoms with Crippen LogP contribution >= 0.6 is 0 Å². The molecule has 17 heavy (non-hydrogen) atoms. The summed E-state index contributed by atoms with van der Waals surface area (Å²) in [6, 6.07) is 5.36. The van der Waals surface area contributed by atoms with Crippen LogP contribution in [0.4, 0.5) is 0 Å². The van der Waals surface area contributed by atoms with Gasteiger partial charge in [0.15, 0.2) is 0 Å². The number of hydrogen-bond acceptors (Lipinski definition) is 3. The molecule has 0 spiro atoms. The zero-order chi connectivity index (χ0) is 11.5. The Hall–Kier alpha value is -1.22. The van der Waals surface area contributed by atoms with Gasteiger partial charge in [0.1, 0.15) is 0 Å². The van der Waals surface area contributed by atoms with Crippen LogP contribution in [0, 0.1) is 0 Å². The van der Waals surface area contributed by atoms with Crippen LogP contribution in [0.1, 0.15) is 31.2 Å². The lowest BCUT2D eigenvalue weighted by Crippen LogP contribution is -2.39. The van der Waals surface area contributed by atoms with Crippen molar-refractivity contribution in [2.45, 2.75) is 37.8 Å². The van der Waals surface area contributed by atoms with E-state index in [1.165, 1.54) is 38.8 Å². The standard InChI is InChI=1S/C14H19N3/c1-2-14-10-13(5-9-17(14)8-1)16-11-12-3-6-15-7-4-12/h3-4,6-7,11,13-14H,1-2,5,8-10H2/b16-11+. The monoisotopic (exact) mass is 229 g/mol. The van der Waals surface area contributed by atoms with Crippen LogP contribution in [0.25, 0.3) is 0 Å². The number of nitrogens with zero attached hydrogens (tertiary/aromatic N) is 3. The molecule has 0 N–H and O–H groups in total. The molecule has 0 bridgehead atoms. The van der Waals surface area contributed by atoms with Crippen molar-refractivity contribution < 1.29 is 0 Å². The van der Waals surface area contributed by atoms with Gasteiger partial charge in [-0.3, -0.25) is 9.98 Å². The highest BCUT2D eigenvalue weighted by atomic mass is 15.2. The molecule has 2 atom stereocenters. The number of fused-ring (bicyclic) bond motifs is 1. The molecule has 1 aromatic heterocycles. The fourth-order valence-electron chi connectivity index (χ4n) is 2.98. The molecule has 2 aliphatic rings.